The van der Waals surface area contributed by atoms with E-state index in [0.717, 1.165) is 16.7 Å². The summed E-state index contributed by atoms with van der Waals surface area (Å²) in [6.45, 7) is 2.00. The highest BCUT2D eigenvalue weighted by molar-refractivity contribution is 5.86. The molecule has 1 heterocycles. The van der Waals surface area contributed by atoms with E-state index in [1.165, 1.54) is 12.1 Å². The van der Waals surface area contributed by atoms with E-state index in [2.05, 4.69) is 5.16 Å². The zero-order valence-electron chi connectivity index (χ0n) is 10.9. The number of nitrogens with two attached hydrogens (primary N) is 1. The highest BCUT2D eigenvalue weighted by atomic mass is 19.1. The van der Waals surface area contributed by atoms with Crippen LogP contribution in [0.3, 0.4) is 0 Å². The maximum Gasteiger partial charge on any atom is 0.230 e. The van der Waals surface area contributed by atoms with Gasteiger partial charge < -0.3 is 10.3 Å². The van der Waals surface area contributed by atoms with Crippen molar-refractivity contribution in [2.75, 3.05) is 5.73 Å². The first-order valence-electron chi connectivity index (χ1n) is 6.23. The van der Waals surface area contributed by atoms with Crippen LogP contribution in [0.4, 0.5) is 10.3 Å². The molecule has 3 aromatic rings. The van der Waals surface area contributed by atoms with Gasteiger partial charge in [-0.2, -0.15) is 0 Å². The monoisotopic (exact) mass is 268 g/mol. The maximum atomic E-state index is 13.0. The molecular weight excluding hydrogens is 255 g/mol. The number of nitrogens with zero attached hydrogens (tertiary/aromatic N) is 1. The summed E-state index contributed by atoms with van der Waals surface area (Å²) in [5.74, 6) is -0.0611. The first kappa shape index (κ1) is 12.4. The molecule has 3 nitrogen and oxygen atoms in total. The van der Waals surface area contributed by atoms with E-state index in [0.29, 0.717) is 11.3 Å². The van der Waals surface area contributed by atoms with Crippen molar-refractivity contribution in [3.8, 4) is 22.4 Å². The molecule has 0 aliphatic carbocycles. The third kappa shape index (κ3) is 2.16. The molecule has 0 aliphatic heterocycles. The summed E-state index contributed by atoms with van der Waals surface area (Å²) in [5.41, 5.74) is 10.0. The summed E-state index contributed by atoms with van der Waals surface area (Å²) in [7, 11) is 0. The molecule has 2 N–H and O–H groups in total. The lowest BCUT2D eigenvalue weighted by Crippen LogP contribution is -1.88. The summed E-state index contributed by atoms with van der Waals surface area (Å²) < 4.78 is 18.1. The molecule has 0 atom stereocenters. The van der Waals surface area contributed by atoms with Crippen molar-refractivity contribution in [3.05, 3.63) is 59.9 Å². The molecule has 3 rings (SSSR count). The van der Waals surface area contributed by atoms with Gasteiger partial charge in [-0.1, -0.05) is 41.1 Å². The standard InChI is InChI=1S/C16H13FN2O/c1-10-3-2-4-12(9-10)15-14(16(18)20-19-15)11-5-7-13(17)8-6-11/h2-9H,18H2,1H3. The topological polar surface area (TPSA) is 52.0 Å². The summed E-state index contributed by atoms with van der Waals surface area (Å²) in [4.78, 5) is 0. The highest BCUT2D eigenvalue weighted by Gasteiger charge is 2.17. The lowest BCUT2D eigenvalue weighted by atomic mass is 10.00. The van der Waals surface area contributed by atoms with Crippen LogP contribution in [0.5, 0.6) is 0 Å². The van der Waals surface area contributed by atoms with Crippen LogP contribution < -0.4 is 5.73 Å². The number of nitrogen functional groups attached to an aromatic ring is 1. The zero-order valence-corrected chi connectivity index (χ0v) is 10.9. The van der Waals surface area contributed by atoms with Crippen LogP contribution >= 0.6 is 0 Å². The third-order valence-electron chi connectivity index (χ3n) is 3.14. The van der Waals surface area contributed by atoms with Crippen LogP contribution in [-0.2, 0) is 0 Å². The van der Waals surface area contributed by atoms with E-state index >= 15 is 0 Å². The first-order valence-corrected chi connectivity index (χ1v) is 6.23. The zero-order chi connectivity index (χ0) is 14.1. The smallest absolute Gasteiger partial charge is 0.230 e. The van der Waals surface area contributed by atoms with Crippen molar-refractivity contribution in [2.24, 2.45) is 0 Å². The number of halogens is 1. The number of anilines is 1. The quantitative estimate of drug-likeness (QED) is 0.763. The van der Waals surface area contributed by atoms with Crippen LogP contribution in [0.15, 0.2) is 53.1 Å². The van der Waals surface area contributed by atoms with Gasteiger partial charge in [-0.3, -0.25) is 0 Å². The van der Waals surface area contributed by atoms with Gasteiger partial charge in [-0.25, -0.2) is 4.39 Å². The molecule has 100 valence electrons. The van der Waals surface area contributed by atoms with E-state index in [9.17, 15) is 4.39 Å². The Morgan fingerprint density at radius 2 is 1.80 bits per heavy atom. The van der Waals surface area contributed by atoms with Crippen molar-refractivity contribution < 1.29 is 8.91 Å². The van der Waals surface area contributed by atoms with Gasteiger partial charge in [0.05, 0.1) is 5.56 Å². The molecule has 2 aromatic carbocycles. The van der Waals surface area contributed by atoms with Gasteiger partial charge in [0.25, 0.3) is 0 Å². The molecule has 1 aromatic heterocycles. The number of aromatic nitrogens is 1. The van der Waals surface area contributed by atoms with Crippen molar-refractivity contribution in [2.45, 2.75) is 6.92 Å². The largest absolute Gasteiger partial charge is 0.367 e. The van der Waals surface area contributed by atoms with Gasteiger partial charge >= 0.3 is 0 Å². The minimum absolute atomic E-state index is 0.230. The van der Waals surface area contributed by atoms with E-state index < -0.39 is 0 Å². The van der Waals surface area contributed by atoms with Crippen molar-refractivity contribution in [3.63, 3.8) is 0 Å². The number of hydrogen-bond donors (Lipinski definition) is 1. The molecule has 0 bridgehead atoms. The molecule has 20 heavy (non-hydrogen) atoms. The van der Waals surface area contributed by atoms with Crippen LogP contribution in [0.2, 0.25) is 0 Å². The second kappa shape index (κ2) is 4.81. The summed E-state index contributed by atoms with van der Waals surface area (Å²) in [6.07, 6.45) is 0. The SMILES string of the molecule is Cc1cccc(-c2noc(N)c2-c2ccc(F)cc2)c1. The Morgan fingerprint density at radius 1 is 1.05 bits per heavy atom. The average Bonchev–Trinajstić information content (AvgIpc) is 2.82. The minimum atomic E-state index is -0.291. The van der Waals surface area contributed by atoms with E-state index in [4.69, 9.17) is 10.3 Å². The molecule has 0 saturated heterocycles. The second-order valence-electron chi connectivity index (χ2n) is 4.65. The number of benzene rings is 2. The fourth-order valence-corrected chi connectivity index (χ4v) is 2.19. The van der Waals surface area contributed by atoms with E-state index in [1.807, 2.05) is 31.2 Å². The molecule has 0 fully saturated rings. The van der Waals surface area contributed by atoms with Gasteiger partial charge in [-0.15, -0.1) is 0 Å². The number of aryl methyl sites for hydroxylation is 1. The third-order valence-corrected chi connectivity index (χ3v) is 3.14. The van der Waals surface area contributed by atoms with Crippen LogP contribution in [0.1, 0.15) is 5.56 Å². The number of hydrogen-bond acceptors (Lipinski definition) is 3. The van der Waals surface area contributed by atoms with Gasteiger partial charge in [0, 0.05) is 5.56 Å². The van der Waals surface area contributed by atoms with Crippen molar-refractivity contribution in [1.82, 2.24) is 5.16 Å². The van der Waals surface area contributed by atoms with Crippen LogP contribution in [-0.4, -0.2) is 5.16 Å². The lowest BCUT2D eigenvalue weighted by molar-refractivity contribution is 0.439. The van der Waals surface area contributed by atoms with E-state index in [-0.39, 0.29) is 11.7 Å². The first-order chi connectivity index (χ1) is 9.65. The predicted octanol–water partition coefficient (Wildman–Crippen LogP) is 4.04. The minimum Gasteiger partial charge on any atom is -0.367 e. The molecule has 0 spiro atoms. The van der Waals surface area contributed by atoms with Crippen molar-refractivity contribution in [1.29, 1.82) is 0 Å². The Labute approximate surface area is 115 Å². The Kier molecular flexibility index (Phi) is 2.99. The molecule has 0 amide bonds. The molecular formula is C16H13FN2O. The van der Waals surface area contributed by atoms with Gasteiger partial charge in [0.2, 0.25) is 5.88 Å². The normalized spacial score (nSPS) is 10.7. The molecule has 0 saturated carbocycles. The fourth-order valence-electron chi connectivity index (χ4n) is 2.19. The highest BCUT2D eigenvalue weighted by Crippen LogP contribution is 2.36. The lowest BCUT2D eigenvalue weighted by Gasteiger charge is -2.03. The Hall–Kier alpha value is -2.62. The predicted molar refractivity (Wildman–Crippen MR) is 76.5 cm³/mol. The average molecular weight is 268 g/mol. The maximum absolute atomic E-state index is 13.0. The van der Waals surface area contributed by atoms with Gasteiger partial charge in [0.15, 0.2) is 0 Å². The summed E-state index contributed by atoms with van der Waals surface area (Å²) >= 11 is 0. The molecule has 4 heteroatoms. The van der Waals surface area contributed by atoms with Crippen LogP contribution in [0.25, 0.3) is 22.4 Å². The summed E-state index contributed by atoms with van der Waals surface area (Å²) in [5, 5.41) is 4.03. The molecule has 0 unspecified atom stereocenters. The van der Waals surface area contributed by atoms with Crippen LogP contribution in [0, 0.1) is 12.7 Å². The Balaban J connectivity index is 2.17. The van der Waals surface area contributed by atoms with Gasteiger partial charge in [0.1, 0.15) is 11.5 Å². The molecule has 0 aliphatic rings. The van der Waals surface area contributed by atoms with E-state index in [1.54, 1.807) is 12.1 Å². The summed E-state index contributed by atoms with van der Waals surface area (Å²) in [6, 6.07) is 14.0. The van der Waals surface area contributed by atoms with Gasteiger partial charge in [-0.05, 0) is 30.7 Å². The second-order valence-corrected chi connectivity index (χ2v) is 4.65. The Morgan fingerprint density at radius 3 is 2.50 bits per heavy atom. The Bertz CT molecular complexity index is 747. The fraction of sp³-hybridized carbons (Fsp3) is 0.0625. The molecule has 0 radical (unpaired) electrons. The number of rotatable bonds is 2. The van der Waals surface area contributed by atoms with Crippen molar-refractivity contribution >= 4 is 5.88 Å².